The van der Waals surface area contributed by atoms with Crippen LogP contribution in [0.3, 0.4) is 0 Å². The molecule has 108 valence electrons. The normalized spacial score (nSPS) is 13.9. The molecular weight excluding hydrogens is 266 g/mol. The zero-order chi connectivity index (χ0) is 15.0. The van der Waals surface area contributed by atoms with E-state index in [0.29, 0.717) is 36.5 Å². The first kappa shape index (κ1) is 13.5. The average molecular weight is 283 g/mol. The van der Waals surface area contributed by atoms with Crippen molar-refractivity contribution in [1.29, 1.82) is 0 Å². The van der Waals surface area contributed by atoms with Crippen LogP contribution >= 0.6 is 0 Å². The highest BCUT2D eigenvalue weighted by atomic mass is 16.2. The van der Waals surface area contributed by atoms with E-state index in [4.69, 9.17) is 0 Å². The summed E-state index contributed by atoms with van der Waals surface area (Å²) in [6, 6.07) is 7.51. The second-order valence-electron chi connectivity index (χ2n) is 5.37. The summed E-state index contributed by atoms with van der Waals surface area (Å²) in [6.45, 7) is 4.61. The molecule has 1 aliphatic rings. The molecule has 2 heterocycles. The molecule has 0 unspecified atom stereocenters. The van der Waals surface area contributed by atoms with Gasteiger partial charge in [0.1, 0.15) is 5.82 Å². The molecule has 0 radical (unpaired) electrons. The zero-order valence-electron chi connectivity index (χ0n) is 12.1. The van der Waals surface area contributed by atoms with Crippen molar-refractivity contribution in [2.45, 2.75) is 26.8 Å². The third kappa shape index (κ3) is 2.46. The van der Waals surface area contributed by atoms with Crippen LogP contribution in [0.25, 0.3) is 0 Å². The summed E-state index contributed by atoms with van der Waals surface area (Å²) >= 11 is 0. The minimum atomic E-state index is -0.139. The van der Waals surface area contributed by atoms with Gasteiger partial charge in [-0.15, -0.1) is 0 Å². The van der Waals surface area contributed by atoms with Crippen molar-refractivity contribution in [2.24, 2.45) is 0 Å². The first-order chi connectivity index (χ1) is 10.1. The predicted octanol–water partition coefficient (Wildman–Crippen LogP) is 1.59. The highest BCUT2D eigenvalue weighted by Crippen LogP contribution is 2.18. The smallest absolute Gasteiger partial charge is 0.256 e. The molecule has 5 heteroatoms. The SMILES string of the molecule is Cc1nc2c(c(=O)[nH]1)CN(C(=O)c1ccccc1C)CC2. The summed E-state index contributed by atoms with van der Waals surface area (Å²) in [4.78, 5) is 33.4. The lowest BCUT2D eigenvalue weighted by atomic mass is 10.0. The molecule has 0 fully saturated rings. The number of hydrogen-bond donors (Lipinski definition) is 1. The van der Waals surface area contributed by atoms with Gasteiger partial charge in [-0.2, -0.15) is 0 Å². The Bertz CT molecular complexity index is 764. The minimum Gasteiger partial charge on any atom is -0.334 e. The highest BCUT2D eigenvalue weighted by Gasteiger charge is 2.25. The van der Waals surface area contributed by atoms with Crippen LogP contribution in [0.1, 0.15) is 33.0 Å². The second kappa shape index (κ2) is 5.16. The van der Waals surface area contributed by atoms with Crippen molar-refractivity contribution in [3.05, 3.63) is 62.8 Å². The van der Waals surface area contributed by atoms with E-state index in [2.05, 4.69) is 9.97 Å². The van der Waals surface area contributed by atoms with E-state index in [1.807, 2.05) is 31.2 Å². The summed E-state index contributed by atoms with van der Waals surface area (Å²) < 4.78 is 0. The van der Waals surface area contributed by atoms with Gasteiger partial charge in [-0.25, -0.2) is 4.98 Å². The molecule has 0 saturated carbocycles. The van der Waals surface area contributed by atoms with Crippen molar-refractivity contribution in [3.63, 3.8) is 0 Å². The number of fused-ring (bicyclic) bond motifs is 1. The van der Waals surface area contributed by atoms with E-state index in [9.17, 15) is 9.59 Å². The Kier molecular flexibility index (Phi) is 3.33. The number of carbonyl (C=O) groups is 1. The molecule has 21 heavy (non-hydrogen) atoms. The van der Waals surface area contributed by atoms with E-state index in [0.717, 1.165) is 11.3 Å². The number of aromatic nitrogens is 2. The van der Waals surface area contributed by atoms with Gasteiger partial charge in [0, 0.05) is 18.5 Å². The Labute approximate surface area is 122 Å². The van der Waals surface area contributed by atoms with E-state index >= 15 is 0 Å². The molecule has 0 saturated heterocycles. The number of aryl methyl sites for hydroxylation is 2. The quantitative estimate of drug-likeness (QED) is 0.864. The second-order valence-corrected chi connectivity index (χ2v) is 5.37. The predicted molar refractivity (Wildman–Crippen MR) is 79.2 cm³/mol. The molecule has 0 spiro atoms. The van der Waals surface area contributed by atoms with Crippen LogP contribution in [0, 0.1) is 13.8 Å². The van der Waals surface area contributed by atoms with Crippen molar-refractivity contribution in [2.75, 3.05) is 6.54 Å². The Morgan fingerprint density at radius 3 is 2.81 bits per heavy atom. The molecule has 0 aliphatic carbocycles. The Morgan fingerprint density at radius 1 is 1.29 bits per heavy atom. The van der Waals surface area contributed by atoms with Gasteiger partial charge in [0.25, 0.3) is 11.5 Å². The number of benzene rings is 1. The van der Waals surface area contributed by atoms with Gasteiger partial charge >= 0.3 is 0 Å². The molecule has 3 rings (SSSR count). The number of nitrogens with zero attached hydrogens (tertiary/aromatic N) is 2. The molecule has 1 N–H and O–H groups in total. The average Bonchev–Trinajstić information content (AvgIpc) is 2.46. The molecule has 1 aromatic heterocycles. The summed E-state index contributed by atoms with van der Waals surface area (Å²) in [7, 11) is 0. The Hall–Kier alpha value is -2.43. The van der Waals surface area contributed by atoms with Gasteiger partial charge in [0.15, 0.2) is 0 Å². The van der Waals surface area contributed by atoms with Crippen molar-refractivity contribution < 1.29 is 4.79 Å². The number of nitrogens with one attached hydrogen (secondary N) is 1. The lowest BCUT2D eigenvalue weighted by Crippen LogP contribution is -2.39. The fourth-order valence-corrected chi connectivity index (χ4v) is 2.71. The fraction of sp³-hybridized carbons (Fsp3) is 0.312. The van der Waals surface area contributed by atoms with Gasteiger partial charge in [-0.3, -0.25) is 9.59 Å². The maximum Gasteiger partial charge on any atom is 0.256 e. The summed E-state index contributed by atoms with van der Waals surface area (Å²) in [5.74, 6) is 0.594. The number of aromatic amines is 1. The van der Waals surface area contributed by atoms with E-state index < -0.39 is 0 Å². The van der Waals surface area contributed by atoms with Gasteiger partial charge in [-0.1, -0.05) is 18.2 Å². The Morgan fingerprint density at radius 2 is 2.05 bits per heavy atom. The topological polar surface area (TPSA) is 66.1 Å². The van der Waals surface area contributed by atoms with Gasteiger partial charge in [0.05, 0.1) is 17.8 Å². The van der Waals surface area contributed by atoms with E-state index in [-0.39, 0.29) is 11.5 Å². The van der Waals surface area contributed by atoms with Crippen LogP contribution in [0.5, 0.6) is 0 Å². The van der Waals surface area contributed by atoms with Crippen LogP contribution < -0.4 is 5.56 Å². The van der Waals surface area contributed by atoms with Crippen molar-refractivity contribution in [1.82, 2.24) is 14.9 Å². The molecule has 5 nitrogen and oxygen atoms in total. The summed E-state index contributed by atoms with van der Waals surface area (Å²) in [5, 5.41) is 0. The monoisotopic (exact) mass is 283 g/mol. The maximum absolute atomic E-state index is 12.6. The van der Waals surface area contributed by atoms with Crippen LogP contribution in [-0.2, 0) is 13.0 Å². The van der Waals surface area contributed by atoms with Crippen molar-refractivity contribution >= 4 is 5.91 Å². The van der Waals surface area contributed by atoms with Gasteiger partial charge < -0.3 is 9.88 Å². The third-order valence-electron chi connectivity index (χ3n) is 3.85. The largest absolute Gasteiger partial charge is 0.334 e. The summed E-state index contributed by atoms with van der Waals surface area (Å²) in [5.41, 5.74) is 2.92. The van der Waals surface area contributed by atoms with Gasteiger partial charge in [0.2, 0.25) is 0 Å². The lowest BCUT2D eigenvalue weighted by Gasteiger charge is -2.28. The number of amides is 1. The van der Waals surface area contributed by atoms with Crippen LogP contribution in [0.4, 0.5) is 0 Å². The number of rotatable bonds is 1. The minimum absolute atomic E-state index is 0.0290. The zero-order valence-corrected chi connectivity index (χ0v) is 12.1. The molecule has 0 bridgehead atoms. The van der Waals surface area contributed by atoms with Crippen LogP contribution in [0.2, 0.25) is 0 Å². The molecule has 2 aromatic rings. The highest BCUT2D eigenvalue weighted by molar-refractivity contribution is 5.95. The molecular formula is C16H17N3O2. The Balaban J connectivity index is 1.92. The fourth-order valence-electron chi connectivity index (χ4n) is 2.71. The lowest BCUT2D eigenvalue weighted by molar-refractivity contribution is 0.0732. The molecule has 1 amide bonds. The van der Waals surface area contributed by atoms with Gasteiger partial charge in [-0.05, 0) is 25.5 Å². The first-order valence-electron chi connectivity index (χ1n) is 7.00. The van der Waals surface area contributed by atoms with Crippen LogP contribution in [-0.4, -0.2) is 27.3 Å². The number of hydrogen-bond acceptors (Lipinski definition) is 3. The number of carbonyl (C=O) groups excluding carboxylic acids is 1. The summed E-state index contributed by atoms with van der Waals surface area (Å²) in [6.07, 6.45) is 0.623. The van der Waals surface area contributed by atoms with Crippen molar-refractivity contribution in [3.8, 4) is 0 Å². The van der Waals surface area contributed by atoms with E-state index in [1.165, 1.54) is 0 Å². The third-order valence-corrected chi connectivity index (χ3v) is 3.85. The first-order valence-corrected chi connectivity index (χ1v) is 7.00. The molecule has 1 aliphatic heterocycles. The number of H-pyrrole nitrogens is 1. The van der Waals surface area contributed by atoms with E-state index in [1.54, 1.807) is 11.8 Å². The standard InChI is InChI=1S/C16H17N3O2/c1-10-5-3-4-6-12(10)16(21)19-8-7-14-13(9-19)15(20)18-11(2)17-14/h3-6H,7-9H2,1-2H3,(H,17,18,20). The molecule has 0 atom stereocenters. The maximum atomic E-state index is 12.6. The molecule has 1 aromatic carbocycles. The van der Waals surface area contributed by atoms with Crippen LogP contribution in [0.15, 0.2) is 29.1 Å².